The third-order valence-electron chi connectivity index (χ3n) is 5.40. The molecule has 0 radical (unpaired) electrons. The van der Waals surface area contributed by atoms with Gasteiger partial charge in [-0.05, 0) is 49.6 Å². The zero-order chi connectivity index (χ0) is 16.6. The van der Waals surface area contributed by atoms with Crippen molar-refractivity contribution in [2.75, 3.05) is 13.6 Å². The number of carbonyl (C=O) groups is 1. The minimum atomic E-state index is -0.0743. The first kappa shape index (κ1) is 15.6. The molecule has 1 spiro atoms. The first-order chi connectivity index (χ1) is 11.7. The predicted octanol–water partition coefficient (Wildman–Crippen LogP) is 0.999. The Balaban J connectivity index is 1.35. The molecule has 2 aliphatic rings. The number of tetrazole rings is 1. The van der Waals surface area contributed by atoms with Crippen LogP contribution in [-0.4, -0.2) is 55.6 Å². The summed E-state index contributed by atoms with van der Waals surface area (Å²) in [6, 6.07) is 0.530. The Morgan fingerprint density at radius 1 is 1.42 bits per heavy atom. The van der Waals surface area contributed by atoms with Crippen molar-refractivity contribution in [3.8, 4) is 5.13 Å². The molecule has 3 heterocycles. The van der Waals surface area contributed by atoms with Crippen LogP contribution in [0.5, 0.6) is 0 Å². The Morgan fingerprint density at radius 2 is 2.25 bits per heavy atom. The molecule has 1 saturated heterocycles. The normalized spacial score (nSPS) is 27.1. The van der Waals surface area contributed by atoms with E-state index < -0.39 is 0 Å². The number of thiazole rings is 1. The summed E-state index contributed by atoms with van der Waals surface area (Å²) in [6.45, 7) is 1.71. The summed E-state index contributed by atoms with van der Waals surface area (Å²) in [7, 11) is 2.16. The molecule has 2 aromatic rings. The lowest BCUT2D eigenvalue weighted by Crippen LogP contribution is -2.41. The van der Waals surface area contributed by atoms with Crippen molar-refractivity contribution >= 4 is 17.2 Å². The summed E-state index contributed by atoms with van der Waals surface area (Å²) in [5.74, 6) is 0.275. The standard InChI is InChI=1S/C15H21N7OS/c1-21(9-12-8-17-14(24-12)22-10-18-19-20-22)11-2-4-15(5-3-11)6-7-16-13(15)23/h8,10-11H,2-7,9H2,1H3,(H,16,23)/t11-,15-. The summed E-state index contributed by atoms with van der Waals surface area (Å²) in [4.78, 5) is 20.0. The van der Waals surface area contributed by atoms with Crippen LogP contribution < -0.4 is 5.32 Å². The molecule has 0 aromatic carbocycles. The molecule has 0 atom stereocenters. The minimum absolute atomic E-state index is 0.0743. The number of hydrogen-bond donors (Lipinski definition) is 1. The van der Waals surface area contributed by atoms with Gasteiger partial charge in [-0.3, -0.25) is 9.69 Å². The SMILES string of the molecule is CN(Cc1cnc(-n2cnnn2)s1)[C@H]1CC[C@@]2(CCNC2=O)CC1. The lowest BCUT2D eigenvalue weighted by atomic mass is 9.71. The van der Waals surface area contributed by atoms with Crippen molar-refractivity contribution in [3.05, 3.63) is 17.4 Å². The van der Waals surface area contributed by atoms with E-state index in [0.717, 1.165) is 50.3 Å². The van der Waals surface area contributed by atoms with Gasteiger partial charge in [0.15, 0.2) is 0 Å². The number of hydrogen-bond acceptors (Lipinski definition) is 7. The molecule has 1 amide bonds. The number of nitrogens with one attached hydrogen (secondary N) is 1. The van der Waals surface area contributed by atoms with Gasteiger partial charge < -0.3 is 5.32 Å². The predicted molar refractivity (Wildman–Crippen MR) is 88.6 cm³/mol. The molecule has 24 heavy (non-hydrogen) atoms. The van der Waals surface area contributed by atoms with Crippen molar-refractivity contribution in [1.82, 2.24) is 35.4 Å². The molecule has 4 rings (SSSR count). The van der Waals surface area contributed by atoms with Crippen LogP contribution in [-0.2, 0) is 11.3 Å². The van der Waals surface area contributed by atoms with Crippen LogP contribution in [0.1, 0.15) is 37.0 Å². The van der Waals surface area contributed by atoms with E-state index in [0.29, 0.717) is 6.04 Å². The van der Waals surface area contributed by atoms with Crippen molar-refractivity contribution in [3.63, 3.8) is 0 Å². The molecule has 128 valence electrons. The monoisotopic (exact) mass is 347 g/mol. The lowest BCUT2D eigenvalue weighted by molar-refractivity contribution is -0.129. The largest absolute Gasteiger partial charge is 0.356 e. The highest BCUT2D eigenvalue weighted by Crippen LogP contribution is 2.43. The number of nitrogens with zero attached hydrogens (tertiary/aromatic N) is 6. The van der Waals surface area contributed by atoms with Crippen molar-refractivity contribution < 1.29 is 4.79 Å². The zero-order valence-electron chi connectivity index (χ0n) is 13.7. The van der Waals surface area contributed by atoms with Gasteiger partial charge in [0.2, 0.25) is 11.0 Å². The highest BCUT2D eigenvalue weighted by molar-refractivity contribution is 7.14. The first-order valence-corrected chi connectivity index (χ1v) is 9.15. The van der Waals surface area contributed by atoms with Crippen LogP contribution in [0.4, 0.5) is 0 Å². The fraction of sp³-hybridized carbons (Fsp3) is 0.667. The fourth-order valence-electron chi connectivity index (χ4n) is 3.89. The second-order valence-electron chi connectivity index (χ2n) is 6.80. The zero-order valence-corrected chi connectivity index (χ0v) is 14.5. The van der Waals surface area contributed by atoms with Gasteiger partial charge in [0.05, 0.1) is 5.41 Å². The smallest absolute Gasteiger partial charge is 0.226 e. The summed E-state index contributed by atoms with van der Waals surface area (Å²) >= 11 is 1.61. The van der Waals surface area contributed by atoms with E-state index in [1.165, 1.54) is 4.88 Å². The van der Waals surface area contributed by atoms with E-state index in [4.69, 9.17) is 0 Å². The van der Waals surface area contributed by atoms with E-state index in [1.807, 2.05) is 6.20 Å². The molecule has 2 fully saturated rings. The Bertz CT molecular complexity index is 705. The molecule has 9 heteroatoms. The maximum absolute atomic E-state index is 12.1. The van der Waals surface area contributed by atoms with E-state index in [9.17, 15) is 4.79 Å². The topological polar surface area (TPSA) is 88.8 Å². The van der Waals surface area contributed by atoms with E-state index >= 15 is 0 Å². The van der Waals surface area contributed by atoms with Crippen molar-refractivity contribution in [2.45, 2.75) is 44.7 Å². The molecule has 1 aliphatic carbocycles. The number of amides is 1. The van der Waals surface area contributed by atoms with Crippen LogP contribution in [0.25, 0.3) is 5.13 Å². The van der Waals surface area contributed by atoms with Crippen molar-refractivity contribution in [2.24, 2.45) is 5.41 Å². The molecule has 2 aromatic heterocycles. The third kappa shape index (κ3) is 2.82. The maximum atomic E-state index is 12.1. The highest BCUT2D eigenvalue weighted by atomic mass is 32.1. The minimum Gasteiger partial charge on any atom is -0.356 e. The first-order valence-electron chi connectivity index (χ1n) is 8.33. The van der Waals surface area contributed by atoms with Crippen LogP contribution in [0, 0.1) is 5.41 Å². The Labute approximate surface area is 144 Å². The van der Waals surface area contributed by atoms with Gasteiger partial charge in [-0.1, -0.05) is 11.3 Å². The second kappa shape index (κ2) is 6.21. The van der Waals surface area contributed by atoms with Crippen molar-refractivity contribution in [1.29, 1.82) is 0 Å². The Morgan fingerprint density at radius 3 is 2.92 bits per heavy atom. The molecule has 8 nitrogen and oxygen atoms in total. The van der Waals surface area contributed by atoms with Gasteiger partial charge in [0, 0.05) is 30.2 Å². The van der Waals surface area contributed by atoms with Gasteiger partial charge in [0.25, 0.3) is 0 Å². The van der Waals surface area contributed by atoms with Gasteiger partial charge >= 0.3 is 0 Å². The third-order valence-corrected chi connectivity index (χ3v) is 6.37. The summed E-state index contributed by atoms with van der Waals surface area (Å²) < 4.78 is 1.58. The molecule has 1 N–H and O–H groups in total. The van der Waals surface area contributed by atoms with E-state index in [1.54, 1.807) is 22.3 Å². The van der Waals surface area contributed by atoms with Crippen LogP contribution in [0.15, 0.2) is 12.5 Å². The maximum Gasteiger partial charge on any atom is 0.226 e. The quantitative estimate of drug-likeness (QED) is 0.888. The van der Waals surface area contributed by atoms with E-state index in [2.05, 4.69) is 37.8 Å². The second-order valence-corrected chi connectivity index (χ2v) is 7.89. The average Bonchev–Trinajstić information content (AvgIpc) is 3.31. The van der Waals surface area contributed by atoms with Gasteiger partial charge in [0.1, 0.15) is 6.33 Å². The highest BCUT2D eigenvalue weighted by Gasteiger charge is 2.45. The molecule has 1 saturated carbocycles. The Kier molecular flexibility index (Phi) is 4.05. The lowest BCUT2D eigenvalue weighted by Gasteiger charge is -2.38. The van der Waals surface area contributed by atoms with Crippen LogP contribution in [0.3, 0.4) is 0 Å². The van der Waals surface area contributed by atoms with Crippen LogP contribution >= 0.6 is 11.3 Å². The molecular weight excluding hydrogens is 326 g/mol. The molecule has 0 bridgehead atoms. The summed E-state index contributed by atoms with van der Waals surface area (Å²) in [5, 5.41) is 14.9. The fourth-order valence-corrected chi connectivity index (χ4v) is 4.78. The van der Waals surface area contributed by atoms with Gasteiger partial charge in [-0.2, -0.15) is 4.68 Å². The van der Waals surface area contributed by atoms with E-state index in [-0.39, 0.29) is 11.3 Å². The number of rotatable bonds is 4. The molecule has 1 aliphatic heterocycles. The number of carbonyl (C=O) groups excluding carboxylic acids is 1. The molecule has 0 unspecified atom stereocenters. The summed E-state index contributed by atoms with van der Waals surface area (Å²) in [5.41, 5.74) is -0.0743. The van der Waals surface area contributed by atoms with Gasteiger partial charge in [-0.15, -0.1) is 5.10 Å². The number of aromatic nitrogens is 5. The molecular formula is C15H21N7OS. The Hall–Kier alpha value is -1.87. The van der Waals surface area contributed by atoms with Crippen LogP contribution in [0.2, 0.25) is 0 Å². The average molecular weight is 347 g/mol. The van der Waals surface area contributed by atoms with Gasteiger partial charge in [-0.25, -0.2) is 4.98 Å². The summed E-state index contributed by atoms with van der Waals surface area (Å²) in [6.07, 6.45) is 8.64.